The molecule has 2 nitrogen and oxygen atoms in total. The highest BCUT2D eigenvalue weighted by Gasteiger charge is 2.11. The number of aromatic nitrogens is 1. The summed E-state index contributed by atoms with van der Waals surface area (Å²) in [6.07, 6.45) is 3.29. The maximum Gasteiger partial charge on any atom is 0.123 e. The Bertz CT molecular complexity index is 458. The van der Waals surface area contributed by atoms with E-state index in [9.17, 15) is 9.50 Å². The lowest BCUT2D eigenvalue weighted by Gasteiger charge is -2.12. The molecular formula is C13H14FNOS. The Morgan fingerprint density at radius 3 is 2.88 bits per heavy atom. The number of nitrogens with zero attached hydrogens (tertiary/aromatic N) is 1. The molecule has 1 unspecified atom stereocenters. The molecule has 2 aromatic rings. The molecule has 0 radical (unpaired) electrons. The Kier molecular flexibility index (Phi) is 4.23. The van der Waals surface area contributed by atoms with Crippen molar-refractivity contribution in [3.63, 3.8) is 0 Å². The van der Waals surface area contributed by atoms with Gasteiger partial charge in [-0.2, -0.15) is 0 Å². The number of rotatable bonds is 5. The van der Waals surface area contributed by atoms with Crippen molar-refractivity contribution in [3.05, 3.63) is 52.2 Å². The van der Waals surface area contributed by atoms with Crippen molar-refractivity contribution < 1.29 is 9.50 Å². The fourth-order valence-electron chi connectivity index (χ4n) is 1.83. The average molecular weight is 251 g/mol. The average Bonchev–Trinajstić information content (AvgIpc) is 2.81. The number of hydrogen-bond donors (Lipinski definition) is 1. The summed E-state index contributed by atoms with van der Waals surface area (Å²) in [7, 11) is 0. The van der Waals surface area contributed by atoms with Crippen LogP contribution in [-0.4, -0.2) is 16.7 Å². The van der Waals surface area contributed by atoms with E-state index in [4.69, 9.17) is 0 Å². The van der Waals surface area contributed by atoms with E-state index in [1.54, 1.807) is 22.9 Å². The summed E-state index contributed by atoms with van der Waals surface area (Å²) < 4.78 is 13.0. The minimum absolute atomic E-state index is 0.106. The zero-order valence-corrected chi connectivity index (χ0v) is 10.2. The Balaban J connectivity index is 2.00. The van der Waals surface area contributed by atoms with E-state index >= 15 is 0 Å². The highest BCUT2D eigenvalue weighted by molar-refractivity contribution is 7.09. The smallest absolute Gasteiger partial charge is 0.123 e. The normalized spacial score (nSPS) is 12.6. The van der Waals surface area contributed by atoms with Gasteiger partial charge >= 0.3 is 0 Å². The second-order valence-corrected chi connectivity index (χ2v) is 5.03. The standard InChI is InChI=1S/C13H14FNOS/c14-12-3-1-2-10(5-12)4-11(8-16)6-13-7-15-9-17-13/h1-3,5,7,9,11,16H,4,6,8H2. The molecule has 0 saturated heterocycles. The predicted octanol–water partition coefficient (Wildman–Crippen LogP) is 2.68. The summed E-state index contributed by atoms with van der Waals surface area (Å²) >= 11 is 1.58. The summed E-state index contributed by atoms with van der Waals surface area (Å²) in [5.74, 6) is -0.103. The molecule has 1 N–H and O–H groups in total. The van der Waals surface area contributed by atoms with Crippen LogP contribution in [0.5, 0.6) is 0 Å². The molecule has 90 valence electrons. The maximum atomic E-state index is 13.0. The number of thiazole rings is 1. The molecule has 4 heteroatoms. The third-order valence-corrected chi connectivity index (χ3v) is 3.45. The Hall–Kier alpha value is -1.26. The largest absolute Gasteiger partial charge is 0.396 e. The summed E-state index contributed by atoms with van der Waals surface area (Å²) in [6.45, 7) is 0.106. The van der Waals surface area contributed by atoms with Gasteiger partial charge in [0, 0.05) is 17.7 Å². The van der Waals surface area contributed by atoms with Crippen molar-refractivity contribution in [1.82, 2.24) is 4.98 Å². The van der Waals surface area contributed by atoms with E-state index < -0.39 is 0 Å². The molecule has 0 saturated carbocycles. The van der Waals surface area contributed by atoms with Crippen molar-refractivity contribution in [3.8, 4) is 0 Å². The van der Waals surface area contributed by atoms with Crippen molar-refractivity contribution in [2.24, 2.45) is 5.92 Å². The van der Waals surface area contributed by atoms with Gasteiger partial charge in [-0.15, -0.1) is 11.3 Å². The second-order valence-electron chi connectivity index (χ2n) is 4.05. The summed E-state index contributed by atoms with van der Waals surface area (Å²) in [5.41, 5.74) is 2.71. The lowest BCUT2D eigenvalue weighted by atomic mass is 9.96. The fraction of sp³-hybridized carbons (Fsp3) is 0.308. The molecule has 2 rings (SSSR count). The van der Waals surface area contributed by atoms with Crippen LogP contribution in [0.2, 0.25) is 0 Å². The zero-order valence-electron chi connectivity index (χ0n) is 9.34. The Morgan fingerprint density at radius 2 is 2.24 bits per heavy atom. The third kappa shape index (κ3) is 3.61. The number of aliphatic hydroxyl groups excluding tert-OH is 1. The Morgan fingerprint density at radius 1 is 1.35 bits per heavy atom. The van der Waals surface area contributed by atoms with Crippen molar-refractivity contribution in [2.75, 3.05) is 6.61 Å². The molecule has 0 aliphatic heterocycles. The monoisotopic (exact) mass is 251 g/mol. The van der Waals surface area contributed by atoms with Crippen LogP contribution in [-0.2, 0) is 12.8 Å². The van der Waals surface area contributed by atoms with Gasteiger partial charge in [-0.1, -0.05) is 12.1 Å². The van der Waals surface area contributed by atoms with Crippen LogP contribution >= 0.6 is 11.3 Å². The van der Waals surface area contributed by atoms with Crippen LogP contribution in [0.4, 0.5) is 4.39 Å². The van der Waals surface area contributed by atoms with Crippen LogP contribution in [0.15, 0.2) is 36.0 Å². The lowest BCUT2D eigenvalue weighted by molar-refractivity contribution is 0.225. The maximum absolute atomic E-state index is 13.0. The molecule has 1 heterocycles. The molecule has 1 atom stereocenters. The molecule has 1 aromatic heterocycles. The highest BCUT2D eigenvalue weighted by atomic mass is 32.1. The third-order valence-electron chi connectivity index (χ3n) is 2.64. The van der Waals surface area contributed by atoms with Crippen molar-refractivity contribution in [2.45, 2.75) is 12.8 Å². The molecule has 0 amide bonds. The summed E-state index contributed by atoms with van der Waals surface area (Å²) in [4.78, 5) is 5.16. The molecule has 17 heavy (non-hydrogen) atoms. The molecule has 0 spiro atoms. The molecule has 0 aliphatic carbocycles. The SMILES string of the molecule is OCC(Cc1cccc(F)c1)Cc1cncs1. The molecule has 0 aliphatic rings. The Labute approximate surface area is 104 Å². The van der Waals surface area contributed by atoms with Gasteiger partial charge in [0.05, 0.1) is 5.51 Å². The first-order valence-electron chi connectivity index (χ1n) is 5.50. The molecule has 1 aromatic carbocycles. The van der Waals surface area contributed by atoms with E-state index in [0.29, 0.717) is 6.42 Å². The van der Waals surface area contributed by atoms with Gasteiger partial charge in [0.25, 0.3) is 0 Å². The first-order valence-corrected chi connectivity index (χ1v) is 6.38. The lowest BCUT2D eigenvalue weighted by Crippen LogP contribution is -2.12. The number of benzene rings is 1. The first-order chi connectivity index (χ1) is 8.28. The number of halogens is 1. The van der Waals surface area contributed by atoms with E-state index in [2.05, 4.69) is 4.98 Å². The first kappa shape index (κ1) is 12.2. The van der Waals surface area contributed by atoms with Crippen LogP contribution in [0.25, 0.3) is 0 Å². The quantitative estimate of drug-likeness (QED) is 0.886. The molecular weight excluding hydrogens is 237 g/mol. The van der Waals surface area contributed by atoms with Crippen LogP contribution in [0.3, 0.4) is 0 Å². The van der Waals surface area contributed by atoms with E-state index in [1.807, 2.05) is 12.3 Å². The van der Waals surface area contributed by atoms with E-state index in [1.165, 1.54) is 12.1 Å². The second kappa shape index (κ2) is 5.89. The van der Waals surface area contributed by atoms with Gasteiger partial charge in [0.1, 0.15) is 5.82 Å². The summed E-state index contributed by atoms with van der Waals surface area (Å²) in [5, 5.41) is 9.35. The van der Waals surface area contributed by atoms with E-state index in [-0.39, 0.29) is 18.3 Å². The van der Waals surface area contributed by atoms with Crippen LogP contribution in [0, 0.1) is 11.7 Å². The van der Waals surface area contributed by atoms with Gasteiger partial charge in [0.2, 0.25) is 0 Å². The van der Waals surface area contributed by atoms with Gasteiger partial charge < -0.3 is 5.11 Å². The summed E-state index contributed by atoms with van der Waals surface area (Å²) in [6, 6.07) is 6.54. The molecule has 0 bridgehead atoms. The van der Waals surface area contributed by atoms with Crippen LogP contribution in [0.1, 0.15) is 10.4 Å². The van der Waals surface area contributed by atoms with Crippen molar-refractivity contribution in [1.29, 1.82) is 0 Å². The fourth-order valence-corrected chi connectivity index (χ4v) is 2.54. The zero-order chi connectivity index (χ0) is 12.1. The molecule has 0 fully saturated rings. The van der Waals surface area contributed by atoms with E-state index in [0.717, 1.165) is 16.9 Å². The van der Waals surface area contributed by atoms with Crippen molar-refractivity contribution >= 4 is 11.3 Å². The minimum atomic E-state index is -0.225. The van der Waals surface area contributed by atoms with Crippen LogP contribution < -0.4 is 0 Å². The highest BCUT2D eigenvalue weighted by Crippen LogP contribution is 2.17. The van der Waals surface area contributed by atoms with Gasteiger partial charge in [-0.05, 0) is 36.5 Å². The topological polar surface area (TPSA) is 33.1 Å². The van der Waals surface area contributed by atoms with Gasteiger partial charge in [-0.3, -0.25) is 4.98 Å². The predicted molar refractivity (Wildman–Crippen MR) is 66.5 cm³/mol. The van der Waals surface area contributed by atoms with Gasteiger partial charge in [0.15, 0.2) is 0 Å². The number of hydrogen-bond acceptors (Lipinski definition) is 3. The minimum Gasteiger partial charge on any atom is -0.396 e. The van der Waals surface area contributed by atoms with Gasteiger partial charge in [-0.25, -0.2) is 4.39 Å². The number of aliphatic hydroxyl groups is 1.